The number of alkyl halides is 2. The molecule has 0 saturated carbocycles. The number of hydrogen-bond acceptors (Lipinski definition) is 5. The number of anilines is 2. The number of halogens is 2. The first-order valence-corrected chi connectivity index (χ1v) is 5.95. The van der Waals surface area contributed by atoms with E-state index in [1.54, 1.807) is 12.1 Å². The van der Waals surface area contributed by atoms with Crippen LogP contribution in [0.2, 0.25) is 0 Å². The van der Waals surface area contributed by atoms with E-state index in [2.05, 4.69) is 0 Å². The van der Waals surface area contributed by atoms with Gasteiger partial charge in [0.05, 0.1) is 24.5 Å². The standard InChI is InChI=1S/C12H16F2N2O3/c13-12(14)7-16(1-2-17)9-6-11-10(5-8(9)15)18-3-4-19-11/h5-6,12,17H,1-4,7,15H2. The molecule has 7 heteroatoms. The first-order chi connectivity index (χ1) is 9.11. The summed E-state index contributed by atoms with van der Waals surface area (Å²) in [6.45, 7) is 0.188. The van der Waals surface area contributed by atoms with Crippen LogP contribution in [0, 0.1) is 0 Å². The highest BCUT2D eigenvalue weighted by atomic mass is 19.3. The highest BCUT2D eigenvalue weighted by molar-refractivity contribution is 5.73. The van der Waals surface area contributed by atoms with Crippen molar-refractivity contribution >= 4 is 11.4 Å². The Labute approximate surface area is 109 Å². The maximum atomic E-state index is 12.5. The predicted molar refractivity (Wildman–Crippen MR) is 67.1 cm³/mol. The fraction of sp³-hybridized carbons (Fsp3) is 0.500. The van der Waals surface area contributed by atoms with Gasteiger partial charge in [-0.2, -0.15) is 0 Å². The molecule has 0 atom stereocenters. The van der Waals surface area contributed by atoms with Gasteiger partial charge in [0, 0.05) is 18.7 Å². The fourth-order valence-corrected chi connectivity index (χ4v) is 1.97. The first kappa shape index (κ1) is 13.7. The third-order valence-corrected chi connectivity index (χ3v) is 2.76. The van der Waals surface area contributed by atoms with Crippen LogP contribution in [-0.4, -0.2) is 44.4 Å². The van der Waals surface area contributed by atoms with Crippen molar-refractivity contribution in [2.75, 3.05) is 43.5 Å². The van der Waals surface area contributed by atoms with Gasteiger partial charge >= 0.3 is 0 Å². The average molecular weight is 274 g/mol. The molecule has 1 aliphatic heterocycles. The summed E-state index contributed by atoms with van der Waals surface area (Å²) in [5.74, 6) is 0.987. The summed E-state index contributed by atoms with van der Waals surface area (Å²) >= 11 is 0. The Bertz CT molecular complexity index is 443. The van der Waals surface area contributed by atoms with Crippen LogP contribution in [0.4, 0.5) is 20.2 Å². The summed E-state index contributed by atoms with van der Waals surface area (Å²) in [5, 5.41) is 8.96. The van der Waals surface area contributed by atoms with Crippen LogP contribution in [-0.2, 0) is 0 Å². The zero-order valence-electron chi connectivity index (χ0n) is 10.3. The van der Waals surface area contributed by atoms with Crippen molar-refractivity contribution in [3.63, 3.8) is 0 Å². The van der Waals surface area contributed by atoms with Crippen LogP contribution in [0.15, 0.2) is 12.1 Å². The van der Waals surface area contributed by atoms with Crippen molar-refractivity contribution in [2.45, 2.75) is 6.43 Å². The van der Waals surface area contributed by atoms with Gasteiger partial charge in [-0.15, -0.1) is 0 Å². The molecule has 0 aliphatic carbocycles. The lowest BCUT2D eigenvalue weighted by atomic mass is 10.2. The molecule has 19 heavy (non-hydrogen) atoms. The van der Waals surface area contributed by atoms with Gasteiger partial charge in [0.2, 0.25) is 0 Å². The Hall–Kier alpha value is -1.76. The number of hydrogen-bond donors (Lipinski definition) is 2. The van der Waals surface area contributed by atoms with Crippen LogP contribution in [0.3, 0.4) is 0 Å². The van der Waals surface area contributed by atoms with E-state index in [4.69, 9.17) is 20.3 Å². The lowest BCUT2D eigenvalue weighted by molar-refractivity contribution is 0.152. The first-order valence-electron chi connectivity index (χ1n) is 5.95. The van der Waals surface area contributed by atoms with E-state index in [9.17, 15) is 8.78 Å². The number of rotatable bonds is 5. The van der Waals surface area contributed by atoms with Gasteiger partial charge in [-0.1, -0.05) is 0 Å². The van der Waals surface area contributed by atoms with E-state index < -0.39 is 13.0 Å². The Morgan fingerprint density at radius 2 is 1.89 bits per heavy atom. The van der Waals surface area contributed by atoms with Gasteiger partial charge < -0.3 is 25.2 Å². The summed E-state index contributed by atoms with van der Waals surface area (Å²) in [6.07, 6.45) is -2.51. The van der Waals surface area contributed by atoms with Crippen molar-refractivity contribution in [1.82, 2.24) is 0 Å². The number of ether oxygens (including phenoxy) is 2. The van der Waals surface area contributed by atoms with Crippen molar-refractivity contribution in [1.29, 1.82) is 0 Å². The molecular formula is C12H16F2N2O3. The molecule has 0 saturated heterocycles. The van der Waals surface area contributed by atoms with E-state index in [1.807, 2.05) is 0 Å². The predicted octanol–water partition coefficient (Wildman–Crippen LogP) is 1.10. The Kier molecular flexibility index (Phi) is 4.26. The Morgan fingerprint density at radius 3 is 2.47 bits per heavy atom. The van der Waals surface area contributed by atoms with Crippen molar-refractivity contribution < 1.29 is 23.4 Å². The topological polar surface area (TPSA) is 68.0 Å². The van der Waals surface area contributed by atoms with Crippen LogP contribution < -0.4 is 20.1 Å². The second-order valence-electron chi connectivity index (χ2n) is 4.12. The SMILES string of the molecule is Nc1cc2c(cc1N(CCO)CC(F)F)OCCO2. The number of aliphatic hydroxyl groups excluding tert-OH is 1. The molecule has 106 valence electrons. The molecule has 0 bridgehead atoms. The highest BCUT2D eigenvalue weighted by Gasteiger charge is 2.20. The molecule has 5 nitrogen and oxygen atoms in total. The fourth-order valence-electron chi connectivity index (χ4n) is 1.97. The van der Waals surface area contributed by atoms with Crippen molar-refractivity contribution in [2.24, 2.45) is 0 Å². The zero-order valence-corrected chi connectivity index (χ0v) is 10.3. The molecule has 1 aromatic rings. The second-order valence-corrected chi connectivity index (χ2v) is 4.12. The molecule has 1 aromatic carbocycles. The molecule has 3 N–H and O–H groups in total. The van der Waals surface area contributed by atoms with Crippen molar-refractivity contribution in [3.05, 3.63) is 12.1 Å². The van der Waals surface area contributed by atoms with Gasteiger partial charge in [0.25, 0.3) is 6.43 Å². The molecule has 2 rings (SSSR count). The zero-order chi connectivity index (χ0) is 13.8. The molecule has 0 radical (unpaired) electrons. The minimum Gasteiger partial charge on any atom is -0.486 e. The van der Waals surface area contributed by atoms with E-state index in [-0.39, 0.29) is 13.2 Å². The Morgan fingerprint density at radius 1 is 1.26 bits per heavy atom. The minimum absolute atomic E-state index is 0.0776. The summed E-state index contributed by atoms with van der Waals surface area (Å²) in [6, 6.07) is 3.13. The third-order valence-electron chi connectivity index (χ3n) is 2.76. The lowest BCUT2D eigenvalue weighted by Gasteiger charge is -2.27. The van der Waals surface area contributed by atoms with Crippen LogP contribution in [0.5, 0.6) is 11.5 Å². The van der Waals surface area contributed by atoms with E-state index in [0.717, 1.165) is 0 Å². The number of benzene rings is 1. The number of nitrogen functional groups attached to an aromatic ring is 1. The second kappa shape index (κ2) is 5.92. The summed E-state index contributed by atoms with van der Waals surface area (Å²) in [7, 11) is 0. The number of fused-ring (bicyclic) bond motifs is 1. The largest absolute Gasteiger partial charge is 0.486 e. The highest BCUT2D eigenvalue weighted by Crippen LogP contribution is 2.38. The van der Waals surface area contributed by atoms with Gasteiger partial charge in [0.15, 0.2) is 11.5 Å². The van der Waals surface area contributed by atoms with Gasteiger partial charge in [-0.3, -0.25) is 0 Å². The molecular weight excluding hydrogens is 258 g/mol. The van der Waals surface area contributed by atoms with Crippen molar-refractivity contribution in [3.8, 4) is 11.5 Å². The van der Waals surface area contributed by atoms with Crippen LogP contribution >= 0.6 is 0 Å². The molecule has 0 unspecified atom stereocenters. The monoisotopic (exact) mass is 274 g/mol. The molecule has 0 fully saturated rings. The van der Waals surface area contributed by atoms with Gasteiger partial charge in [0.1, 0.15) is 13.2 Å². The molecule has 1 heterocycles. The molecule has 0 aromatic heterocycles. The Balaban J connectivity index is 2.30. The summed E-state index contributed by atoms with van der Waals surface area (Å²) < 4.78 is 35.8. The van der Waals surface area contributed by atoms with Gasteiger partial charge in [-0.25, -0.2) is 8.78 Å². The number of nitrogens with two attached hydrogens (primary N) is 1. The lowest BCUT2D eigenvalue weighted by Crippen LogP contribution is -2.32. The van der Waals surface area contributed by atoms with Gasteiger partial charge in [-0.05, 0) is 0 Å². The maximum absolute atomic E-state index is 12.5. The molecule has 0 spiro atoms. The van der Waals surface area contributed by atoms with E-state index in [1.165, 1.54) is 4.90 Å². The molecule has 1 aliphatic rings. The third kappa shape index (κ3) is 3.17. The van der Waals surface area contributed by atoms with E-state index in [0.29, 0.717) is 36.1 Å². The van der Waals surface area contributed by atoms with Crippen LogP contribution in [0.1, 0.15) is 0 Å². The smallest absolute Gasteiger partial charge is 0.255 e. The number of nitrogens with zero attached hydrogens (tertiary/aromatic N) is 1. The minimum atomic E-state index is -2.51. The summed E-state index contributed by atoms with van der Waals surface area (Å²) in [5.41, 5.74) is 6.58. The quantitative estimate of drug-likeness (QED) is 0.787. The number of aliphatic hydroxyl groups is 1. The van der Waals surface area contributed by atoms with Crippen LogP contribution in [0.25, 0.3) is 0 Å². The van der Waals surface area contributed by atoms with E-state index >= 15 is 0 Å². The average Bonchev–Trinajstić information content (AvgIpc) is 2.37. The normalized spacial score (nSPS) is 13.7. The maximum Gasteiger partial charge on any atom is 0.255 e. The molecule has 0 amide bonds. The summed E-state index contributed by atoms with van der Waals surface area (Å²) in [4.78, 5) is 1.33.